The third kappa shape index (κ3) is 1.54. The van der Waals surface area contributed by atoms with E-state index in [4.69, 9.17) is 9.47 Å². The van der Waals surface area contributed by atoms with E-state index in [1.54, 1.807) is 0 Å². The van der Waals surface area contributed by atoms with E-state index in [-0.39, 0.29) is 11.5 Å². The average Bonchev–Trinajstić information content (AvgIpc) is 2.90. The molecule has 2 bridgehead atoms. The van der Waals surface area contributed by atoms with Crippen molar-refractivity contribution in [3.05, 3.63) is 35.4 Å². The van der Waals surface area contributed by atoms with Crippen LogP contribution in [0.25, 0.3) is 0 Å². The van der Waals surface area contributed by atoms with E-state index in [9.17, 15) is 5.11 Å². The summed E-state index contributed by atoms with van der Waals surface area (Å²) in [7, 11) is 2.22. The van der Waals surface area contributed by atoms with Crippen molar-refractivity contribution in [3.63, 3.8) is 0 Å². The number of aliphatic hydroxyl groups is 1. The first-order chi connectivity index (χ1) is 11.2. The Labute approximate surface area is 136 Å². The zero-order valence-corrected chi connectivity index (χ0v) is 13.7. The van der Waals surface area contributed by atoms with Gasteiger partial charge in [0.15, 0.2) is 11.5 Å². The van der Waals surface area contributed by atoms with Gasteiger partial charge in [0.05, 0.1) is 6.61 Å². The molecule has 2 aliphatic carbocycles. The molecule has 0 saturated carbocycles. The molecule has 1 spiro atoms. The lowest BCUT2D eigenvalue weighted by Gasteiger charge is -2.56. The van der Waals surface area contributed by atoms with Crippen LogP contribution in [0.2, 0.25) is 0 Å². The molecule has 1 saturated heterocycles. The van der Waals surface area contributed by atoms with Crippen LogP contribution < -0.4 is 9.47 Å². The molecule has 5 rings (SSSR count). The zero-order chi connectivity index (χ0) is 15.8. The summed E-state index contributed by atoms with van der Waals surface area (Å²) >= 11 is 0. The Kier molecular flexibility index (Phi) is 2.73. The molecule has 122 valence electrons. The van der Waals surface area contributed by atoms with E-state index in [0.717, 1.165) is 30.9 Å². The molecule has 2 aliphatic heterocycles. The van der Waals surface area contributed by atoms with Gasteiger partial charge in [-0.05, 0) is 45.0 Å². The summed E-state index contributed by atoms with van der Waals surface area (Å²) in [5, 5.41) is 10.6. The van der Waals surface area contributed by atoms with E-state index in [0.29, 0.717) is 18.6 Å². The molecule has 4 aliphatic rings. The molecule has 1 unspecified atom stereocenters. The van der Waals surface area contributed by atoms with Gasteiger partial charge in [-0.15, -0.1) is 0 Å². The van der Waals surface area contributed by atoms with Gasteiger partial charge in [-0.2, -0.15) is 0 Å². The smallest absolute Gasteiger partial charge is 0.165 e. The van der Waals surface area contributed by atoms with E-state index < -0.39 is 6.10 Å². The normalized spacial score (nSPS) is 39.8. The molecule has 0 radical (unpaired) electrons. The lowest BCUT2D eigenvalue weighted by atomic mass is 9.53. The number of likely N-dealkylation sites (tertiary alicyclic amines) is 1. The number of hydrogen-bond donors (Lipinski definition) is 1. The second-order valence-electron chi connectivity index (χ2n) is 7.34. The largest absolute Gasteiger partial charge is 0.490 e. The number of likely N-dealkylation sites (N-methyl/N-ethyl adjacent to an activating group) is 1. The van der Waals surface area contributed by atoms with Gasteiger partial charge in [-0.25, -0.2) is 0 Å². The molecule has 4 heteroatoms. The van der Waals surface area contributed by atoms with Crippen molar-refractivity contribution in [2.75, 3.05) is 20.2 Å². The molecule has 23 heavy (non-hydrogen) atoms. The number of ether oxygens (including phenoxy) is 2. The predicted octanol–water partition coefficient (Wildman–Crippen LogP) is 1.89. The van der Waals surface area contributed by atoms with Crippen LogP contribution in [-0.4, -0.2) is 48.5 Å². The van der Waals surface area contributed by atoms with E-state index in [1.807, 2.05) is 19.1 Å². The van der Waals surface area contributed by atoms with Crippen LogP contribution in [0.5, 0.6) is 11.5 Å². The topological polar surface area (TPSA) is 41.9 Å². The number of rotatable bonds is 2. The minimum absolute atomic E-state index is 0.0820. The Bertz CT molecular complexity index is 700. The molecular weight excluding hydrogens is 290 g/mol. The highest BCUT2D eigenvalue weighted by molar-refractivity contribution is 5.62. The summed E-state index contributed by atoms with van der Waals surface area (Å²) in [6, 6.07) is 4.75. The molecule has 5 atom stereocenters. The first-order valence-electron chi connectivity index (χ1n) is 8.69. The maximum Gasteiger partial charge on any atom is 0.165 e. The summed E-state index contributed by atoms with van der Waals surface area (Å²) in [6.45, 7) is 3.68. The van der Waals surface area contributed by atoms with E-state index >= 15 is 0 Å². The van der Waals surface area contributed by atoms with Crippen molar-refractivity contribution >= 4 is 0 Å². The van der Waals surface area contributed by atoms with Gasteiger partial charge in [-0.3, -0.25) is 0 Å². The van der Waals surface area contributed by atoms with Gasteiger partial charge in [0.1, 0.15) is 12.2 Å². The third-order valence-corrected chi connectivity index (χ3v) is 6.43. The van der Waals surface area contributed by atoms with Gasteiger partial charge in [0.25, 0.3) is 0 Å². The molecule has 2 heterocycles. The highest BCUT2D eigenvalue weighted by atomic mass is 16.5. The highest BCUT2D eigenvalue weighted by Gasteiger charge is 2.64. The average molecular weight is 313 g/mol. The van der Waals surface area contributed by atoms with Crippen LogP contribution in [0.3, 0.4) is 0 Å². The molecular formula is C19H23NO3. The van der Waals surface area contributed by atoms with Crippen molar-refractivity contribution in [3.8, 4) is 11.5 Å². The Morgan fingerprint density at radius 2 is 2.26 bits per heavy atom. The Hall–Kier alpha value is -1.52. The third-order valence-electron chi connectivity index (χ3n) is 6.43. The van der Waals surface area contributed by atoms with Gasteiger partial charge in [0.2, 0.25) is 0 Å². The Morgan fingerprint density at radius 3 is 3.09 bits per heavy atom. The quantitative estimate of drug-likeness (QED) is 0.847. The number of aliphatic hydroxyl groups excluding tert-OH is 1. The Morgan fingerprint density at radius 1 is 1.39 bits per heavy atom. The van der Waals surface area contributed by atoms with Crippen molar-refractivity contribution in [2.24, 2.45) is 5.92 Å². The molecule has 0 aromatic heterocycles. The molecule has 0 amide bonds. The van der Waals surface area contributed by atoms with Crippen molar-refractivity contribution in [1.29, 1.82) is 0 Å². The van der Waals surface area contributed by atoms with Crippen LogP contribution in [0.4, 0.5) is 0 Å². The maximum atomic E-state index is 10.6. The fourth-order valence-corrected chi connectivity index (χ4v) is 5.50. The second-order valence-corrected chi connectivity index (χ2v) is 7.34. The SMILES string of the molecule is CCOc1ccc2c3c1O[C@H]1[C@@H](O)C=CC4[C@@H](C2)N(C)CC[C@@]341. The predicted molar refractivity (Wildman–Crippen MR) is 87.1 cm³/mol. The first kappa shape index (κ1) is 13.9. The van der Waals surface area contributed by atoms with Gasteiger partial charge in [-0.1, -0.05) is 18.2 Å². The van der Waals surface area contributed by atoms with Crippen LogP contribution in [-0.2, 0) is 11.8 Å². The molecule has 1 aromatic carbocycles. The molecule has 1 fully saturated rings. The number of benzene rings is 1. The van der Waals surface area contributed by atoms with Crippen molar-refractivity contribution < 1.29 is 14.6 Å². The van der Waals surface area contributed by atoms with E-state index in [2.05, 4.69) is 24.1 Å². The summed E-state index contributed by atoms with van der Waals surface area (Å²) in [6.07, 6.45) is 5.56. The standard InChI is InChI=1S/C19H23NO3/c1-3-22-15-7-4-11-10-13-12-5-6-14(21)18-19(12,8-9-20(13)2)16(11)17(15)23-18/h4-7,12-14,18,21H,3,8-10H2,1-2H3/t12?,13-,14+,18+,19+/m1/s1. The van der Waals surface area contributed by atoms with Crippen molar-refractivity contribution in [1.82, 2.24) is 4.90 Å². The van der Waals surface area contributed by atoms with E-state index in [1.165, 1.54) is 11.1 Å². The summed E-state index contributed by atoms with van der Waals surface area (Å²) in [4.78, 5) is 2.48. The molecule has 4 nitrogen and oxygen atoms in total. The van der Waals surface area contributed by atoms with Gasteiger partial charge >= 0.3 is 0 Å². The number of hydrogen-bond acceptors (Lipinski definition) is 4. The lowest BCUT2D eigenvalue weighted by Crippen LogP contribution is -2.64. The minimum Gasteiger partial charge on any atom is -0.490 e. The number of piperidine rings is 1. The Balaban J connectivity index is 1.78. The van der Waals surface area contributed by atoms with Crippen molar-refractivity contribution in [2.45, 2.75) is 43.4 Å². The maximum absolute atomic E-state index is 10.6. The first-order valence-corrected chi connectivity index (χ1v) is 8.69. The van der Waals surface area contributed by atoms with Gasteiger partial charge < -0.3 is 19.5 Å². The fraction of sp³-hybridized carbons (Fsp3) is 0.579. The zero-order valence-electron chi connectivity index (χ0n) is 13.7. The second kappa shape index (κ2) is 4.52. The summed E-state index contributed by atoms with van der Waals surface area (Å²) in [5.74, 6) is 2.14. The number of nitrogens with zero attached hydrogens (tertiary/aromatic N) is 1. The lowest BCUT2D eigenvalue weighted by molar-refractivity contribution is -0.0453. The highest BCUT2D eigenvalue weighted by Crippen LogP contribution is 2.62. The minimum atomic E-state index is -0.539. The fourth-order valence-electron chi connectivity index (χ4n) is 5.50. The molecule has 1 N–H and O–H groups in total. The van der Waals surface area contributed by atoms with Crippen LogP contribution in [0.15, 0.2) is 24.3 Å². The van der Waals surface area contributed by atoms with Crippen LogP contribution in [0, 0.1) is 5.92 Å². The van der Waals surface area contributed by atoms with Gasteiger partial charge in [0, 0.05) is 22.9 Å². The molecule has 1 aromatic rings. The van der Waals surface area contributed by atoms with Crippen LogP contribution >= 0.6 is 0 Å². The monoisotopic (exact) mass is 313 g/mol. The van der Waals surface area contributed by atoms with Crippen LogP contribution in [0.1, 0.15) is 24.5 Å². The summed E-state index contributed by atoms with van der Waals surface area (Å²) < 4.78 is 12.2. The summed E-state index contributed by atoms with van der Waals surface area (Å²) in [5.41, 5.74) is 2.62.